The van der Waals surface area contributed by atoms with Crippen LogP contribution < -0.4 is 5.32 Å². The minimum absolute atomic E-state index is 0.0434. The van der Waals surface area contributed by atoms with Gasteiger partial charge in [-0.2, -0.15) is 0 Å². The van der Waals surface area contributed by atoms with Crippen LogP contribution in [0.3, 0.4) is 0 Å². The van der Waals surface area contributed by atoms with Gasteiger partial charge in [-0.1, -0.05) is 30.3 Å². The van der Waals surface area contributed by atoms with Crippen molar-refractivity contribution in [1.29, 1.82) is 0 Å². The van der Waals surface area contributed by atoms with Crippen molar-refractivity contribution in [3.8, 4) is 5.69 Å². The first-order valence-corrected chi connectivity index (χ1v) is 9.11. The van der Waals surface area contributed by atoms with E-state index in [1.54, 1.807) is 11.0 Å². The third-order valence-electron chi connectivity index (χ3n) is 4.21. The van der Waals surface area contributed by atoms with Crippen LogP contribution in [0.25, 0.3) is 5.69 Å². The van der Waals surface area contributed by atoms with Gasteiger partial charge in [0, 0.05) is 10.6 Å². The molecule has 1 aliphatic rings. The van der Waals surface area contributed by atoms with Crippen molar-refractivity contribution < 1.29 is 4.79 Å². The van der Waals surface area contributed by atoms with Gasteiger partial charge in [0.05, 0.1) is 18.2 Å². The van der Waals surface area contributed by atoms with Gasteiger partial charge in [-0.25, -0.2) is 4.68 Å². The molecule has 1 atom stereocenters. The molecule has 0 fully saturated rings. The minimum Gasteiger partial charge on any atom is -0.349 e. The number of rotatable bonds is 4. The van der Waals surface area contributed by atoms with E-state index in [-0.39, 0.29) is 11.9 Å². The summed E-state index contributed by atoms with van der Waals surface area (Å²) < 4.78 is 1.58. The van der Waals surface area contributed by atoms with E-state index < -0.39 is 0 Å². The maximum absolute atomic E-state index is 12.4. The molecule has 25 heavy (non-hydrogen) atoms. The second-order valence-corrected chi connectivity index (χ2v) is 7.03. The van der Waals surface area contributed by atoms with Crippen molar-refractivity contribution >= 4 is 17.7 Å². The summed E-state index contributed by atoms with van der Waals surface area (Å²) in [6.07, 6.45) is 2.87. The molecule has 0 aliphatic carbocycles. The molecule has 0 saturated carbocycles. The number of aromatic nitrogens is 4. The third-order valence-corrected chi connectivity index (χ3v) is 5.33. The molecule has 2 heterocycles. The molecule has 7 heteroatoms. The van der Waals surface area contributed by atoms with Crippen LogP contribution in [-0.2, 0) is 11.2 Å². The molecule has 1 aliphatic heterocycles. The maximum Gasteiger partial charge on any atom is 0.224 e. The van der Waals surface area contributed by atoms with Gasteiger partial charge in [-0.05, 0) is 46.2 Å². The Morgan fingerprint density at radius 2 is 2.04 bits per heavy atom. The monoisotopic (exact) mass is 351 g/mol. The number of tetrazole rings is 1. The zero-order valence-electron chi connectivity index (χ0n) is 13.5. The zero-order valence-corrected chi connectivity index (χ0v) is 14.3. The number of fused-ring (bicyclic) bond motifs is 1. The van der Waals surface area contributed by atoms with E-state index in [0.717, 1.165) is 23.4 Å². The number of benzene rings is 2. The van der Waals surface area contributed by atoms with Gasteiger partial charge in [0.15, 0.2) is 0 Å². The molecular formula is C18H17N5OS. The Balaban J connectivity index is 1.41. The molecule has 1 unspecified atom stereocenters. The summed E-state index contributed by atoms with van der Waals surface area (Å²) in [5.41, 5.74) is 3.06. The van der Waals surface area contributed by atoms with Gasteiger partial charge in [0.1, 0.15) is 6.33 Å². The standard InChI is InChI=1S/C18H17N5OS/c24-18(20-16-9-10-25-17-4-2-1-3-15(16)17)11-13-5-7-14(8-6-13)23-12-19-21-22-23/h1-8,12,16H,9-11H2,(H,20,24). The van der Waals surface area contributed by atoms with E-state index in [9.17, 15) is 4.79 Å². The maximum atomic E-state index is 12.4. The van der Waals surface area contributed by atoms with E-state index in [4.69, 9.17) is 0 Å². The van der Waals surface area contributed by atoms with Crippen molar-refractivity contribution in [2.45, 2.75) is 23.8 Å². The molecule has 4 rings (SSSR count). The first kappa shape index (κ1) is 15.8. The summed E-state index contributed by atoms with van der Waals surface area (Å²) in [5, 5.41) is 14.3. The fraction of sp³-hybridized carbons (Fsp3) is 0.222. The average Bonchev–Trinajstić information content (AvgIpc) is 3.17. The lowest BCUT2D eigenvalue weighted by molar-refractivity contribution is -0.121. The molecule has 3 aromatic rings. The smallest absolute Gasteiger partial charge is 0.224 e. The average molecular weight is 351 g/mol. The first-order valence-electron chi connectivity index (χ1n) is 8.13. The zero-order chi connectivity index (χ0) is 17.1. The Morgan fingerprint density at radius 1 is 1.20 bits per heavy atom. The van der Waals surface area contributed by atoms with E-state index in [0.29, 0.717) is 6.42 Å². The first-order chi connectivity index (χ1) is 12.3. The lowest BCUT2D eigenvalue weighted by Gasteiger charge is -2.25. The Morgan fingerprint density at radius 3 is 2.84 bits per heavy atom. The highest BCUT2D eigenvalue weighted by atomic mass is 32.2. The van der Waals surface area contributed by atoms with Gasteiger partial charge >= 0.3 is 0 Å². The van der Waals surface area contributed by atoms with Crippen LogP contribution in [0.2, 0.25) is 0 Å². The largest absolute Gasteiger partial charge is 0.349 e. The van der Waals surface area contributed by atoms with E-state index in [2.05, 4.69) is 33.0 Å². The number of thioether (sulfide) groups is 1. The molecule has 0 spiro atoms. The van der Waals surface area contributed by atoms with Crippen molar-refractivity contribution in [2.75, 3.05) is 5.75 Å². The predicted molar refractivity (Wildman–Crippen MR) is 95.5 cm³/mol. The topological polar surface area (TPSA) is 72.7 Å². The van der Waals surface area contributed by atoms with Gasteiger partial charge in [0.25, 0.3) is 0 Å². The van der Waals surface area contributed by atoms with Crippen LogP contribution in [0.15, 0.2) is 59.8 Å². The molecule has 126 valence electrons. The Labute approximate surface area is 149 Å². The van der Waals surface area contributed by atoms with Crippen LogP contribution in [0.4, 0.5) is 0 Å². The third kappa shape index (κ3) is 3.56. The lowest BCUT2D eigenvalue weighted by atomic mass is 10.0. The Hall–Kier alpha value is -2.67. The summed E-state index contributed by atoms with van der Waals surface area (Å²) in [5.74, 6) is 1.07. The molecule has 6 nitrogen and oxygen atoms in total. The van der Waals surface area contributed by atoms with E-state index in [1.807, 2.05) is 48.2 Å². The Bertz CT molecular complexity index is 863. The minimum atomic E-state index is 0.0434. The fourth-order valence-corrected chi connectivity index (χ4v) is 4.09. The number of amides is 1. The van der Waals surface area contributed by atoms with Crippen molar-refractivity contribution in [1.82, 2.24) is 25.5 Å². The Kier molecular flexibility index (Phi) is 4.47. The van der Waals surface area contributed by atoms with Gasteiger partial charge in [0.2, 0.25) is 5.91 Å². The quantitative estimate of drug-likeness (QED) is 0.782. The second-order valence-electron chi connectivity index (χ2n) is 5.89. The molecular weight excluding hydrogens is 334 g/mol. The summed E-state index contributed by atoms with van der Waals surface area (Å²) >= 11 is 1.85. The summed E-state index contributed by atoms with van der Waals surface area (Å²) in [4.78, 5) is 13.7. The predicted octanol–water partition coefficient (Wildman–Crippen LogP) is 2.56. The van der Waals surface area contributed by atoms with Crippen molar-refractivity contribution in [2.24, 2.45) is 0 Å². The number of nitrogens with zero attached hydrogens (tertiary/aromatic N) is 4. The number of hydrogen-bond donors (Lipinski definition) is 1. The molecule has 0 bridgehead atoms. The fourth-order valence-electron chi connectivity index (χ4n) is 2.97. The van der Waals surface area contributed by atoms with Crippen LogP contribution in [0, 0.1) is 0 Å². The summed E-state index contributed by atoms with van der Waals surface area (Å²) in [6, 6.07) is 16.1. The molecule has 0 saturated heterocycles. The van der Waals surface area contributed by atoms with Gasteiger partial charge in [-0.15, -0.1) is 16.9 Å². The molecule has 2 aromatic carbocycles. The van der Waals surface area contributed by atoms with Gasteiger partial charge < -0.3 is 5.32 Å². The highest BCUT2D eigenvalue weighted by Crippen LogP contribution is 2.35. The van der Waals surface area contributed by atoms with E-state index >= 15 is 0 Å². The molecule has 1 aromatic heterocycles. The lowest BCUT2D eigenvalue weighted by Crippen LogP contribution is -2.31. The number of carbonyl (C=O) groups excluding carboxylic acids is 1. The normalized spacial score (nSPS) is 16.2. The molecule has 0 radical (unpaired) electrons. The SMILES string of the molecule is O=C(Cc1ccc(-n2cnnn2)cc1)NC1CCSc2ccccc21. The number of carbonyl (C=O) groups is 1. The number of hydrogen-bond acceptors (Lipinski definition) is 5. The number of nitrogens with one attached hydrogen (secondary N) is 1. The second kappa shape index (κ2) is 7.06. The van der Waals surface area contributed by atoms with Crippen molar-refractivity contribution in [3.05, 3.63) is 66.0 Å². The highest BCUT2D eigenvalue weighted by Gasteiger charge is 2.21. The van der Waals surface area contributed by atoms with Crippen LogP contribution in [0.1, 0.15) is 23.6 Å². The van der Waals surface area contributed by atoms with Crippen LogP contribution in [-0.4, -0.2) is 31.9 Å². The molecule has 1 amide bonds. The van der Waals surface area contributed by atoms with Crippen molar-refractivity contribution in [3.63, 3.8) is 0 Å². The highest BCUT2D eigenvalue weighted by molar-refractivity contribution is 7.99. The van der Waals surface area contributed by atoms with E-state index in [1.165, 1.54) is 10.5 Å². The van der Waals surface area contributed by atoms with Crippen LogP contribution in [0.5, 0.6) is 0 Å². The summed E-state index contributed by atoms with van der Waals surface area (Å²) in [7, 11) is 0. The van der Waals surface area contributed by atoms with Crippen LogP contribution >= 0.6 is 11.8 Å². The summed E-state index contributed by atoms with van der Waals surface area (Å²) in [6.45, 7) is 0. The van der Waals surface area contributed by atoms with Gasteiger partial charge in [-0.3, -0.25) is 4.79 Å². The molecule has 1 N–H and O–H groups in total.